The summed E-state index contributed by atoms with van der Waals surface area (Å²) in [5.74, 6) is 0. The van der Waals surface area contributed by atoms with Crippen LogP contribution in [-0.2, 0) is 6.18 Å². The quantitative estimate of drug-likeness (QED) is 0.862. The van der Waals surface area contributed by atoms with Gasteiger partial charge in [-0.15, -0.1) is 0 Å². The third-order valence-electron chi connectivity index (χ3n) is 4.05. The van der Waals surface area contributed by atoms with Gasteiger partial charge < -0.3 is 10.6 Å². The van der Waals surface area contributed by atoms with E-state index in [2.05, 4.69) is 17.6 Å². The Hall–Kier alpha value is -1.07. The first-order valence-corrected chi connectivity index (χ1v) is 7.53. The van der Waals surface area contributed by atoms with Crippen LogP contribution in [0.3, 0.4) is 0 Å². The molecule has 1 aromatic carbocycles. The molecule has 21 heavy (non-hydrogen) atoms. The minimum Gasteiger partial charge on any atom is -0.314 e. The highest BCUT2D eigenvalue weighted by Crippen LogP contribution is 2.30. The van der Waals surface area contributed by atoms with Crippen molar-refractivity contribution in [3.8, 4) is 0 Å². The lowest BCUT2D eigenvalue weighted by Gasteiger charge is -2.23. The predicted octanol–water partition coefficient (Wildman–Crippen LogP) is 3.89. The Morgan fingerprint density at radius 1 is 1.33 bits per heavy atom. The molecule has 2 rings (SSSR count). The smallest absolute Gasteiger partial charge is 0.314 e. The molecule has 0 radical (unpaired) electrons. The standard InChI is InChI=1S/C16H23F3N2/c1-11(9-15-7-4-8-20-15)21-12(2)13-5-3-6-14(10-13)16(17,18)19/h3,5-6,10-12,15,20-21H,4,7-9H2,1-2H3. The Balaban J connectivity index is 1.94. The molecule has 1 aromatic rings. The molecule has 118 valence electrons. The Bertz CT molecular complexity index is 453. The summed E-state index contributed by atoms with van der Waals surface area (Å²) in [6.45, 7) is 5.07. The Morgan fingerprint density at radius 3 is 2.71 bits per heavy atom. The third-order valence-corrected chi connectivity index (χ3v) is 4.05. The normalized spacial score (nSPS) is 22.2. The highest BCUT2D eigenvalue weighted by Gasteiger charge is 2.30. The first kappa shape index (κ1) is 16.3. The van der Waals surface area contributed by atoms with Crippen molar-refractivity contribution in [2.24, 2.45) is 0 Å². The zero-order chi connectivity index (χ0) is 15.5. The highest BCUT2D eigenvalue weighted by molar-refractivity contribution is 5.27. The van der Waals surface area contributed by atoms with Gasteiger partial charge in [0.15, 0.2) is 0 Å². The molecular formula is C16H23F3N2. The molecule has 1 fully saturated rings. The highest BCUT2D eigenvalue weighted by atomic mass is 19.4. The third kappa shape index (κ3) is 4.71. The van der Waals surface area contributed by atoms with E-state index in [4.69, 9.17) is 0 Å². The Morgan fingerprint density at radius 2 is 2.10 bits per heavy atom. The van der Waals surface area contributed by atoms with Crippen molar-refractivity contribution < 1.29 is 13.2 Å². The number of benzene rings is 1. The van der Waals surface area contributed by atoms with Crippen LogP contribution < -0.4 is 10.6 Å². The van der Waals surface area contributed by atoms with Crippen LogP contribution in [0.15, 0.2) is 24.3 Å². The number of halogens is 3. The van der Waals surface area contributed by atoms with E-state index in [-0.39, 0.29) is 12.1 Å². The molecule has 0 saturated carbocycles. The molecule has 1 heterocycles. The maximum atomic E-state index is 12.7. The molecule has 0 bridgehead atoms. The second-order valence-electron chi connectivity index (χ2n) is 5.94. The second-order valence-corrected chi connectivity index (χ2v) is 5.94. The average Bonchev–Trinajstić information content (AvgIpc) is 2.90. The van der Waals surface area contributed by atoms with E-state index >= 15 is 0 Å². The predicted molar refractivity (Wildman–Crippen MR) is 78.1 cm³/mol. The van der Waals surface area contributed by atoms with Gasteiger partial charge in [0.05, 0.1) is 5.56 Å². The SMILES string of the molecule is CC(CC1CCCN1)NC(C)c1cccc(C(F)(F)F)c1. The van der Waals surface area contributed by atoms with Crippen LogP contribution in [0.25, 0.3) is 0 Å². The molecule has 0 aliphatic carbocycles. The summed E-state index contributed by atoms with van der Waals surface area (Å²) >= 11 is 0. The lowest BCUT2D eigenvalue weighted by molar-refractivity contribution is -0.137. The number of rotatable bonds is 5. The molecule has 0 spiro atoms. The van der Waals surface area contributed by atoms with Gasteiger partial charge in [-0.3, -0.25) is 0 Å². The van der Waals surface area contributed by atoms with Gasteiger partial charge in [-0.05, 0) is 57.4 Å². The maximum absolute atomic E-state index is 12.7. The van der Waals surface area contributed by atoms with Crippen molar-refractivity contribution in [3.05, 3.63) is 35.4 Å². The van der Waals surface area contributed by atoms with Crippen LogP contribution in [0, 0.1) is 0 Å². The minimum atomic E-state index is -4.28. The van der Waals surface area contributed by atoms with E-state index in [1.807, 2.05) is 6.92 Å². The van der Waals surface area contributed by atoms with Crippen LogP contribution in [-0.4, -0.2) is 18.6 Å². The lowest BCUT2D eigenvalue weighted by atomic mass is 10.0. The molecule has 1 aliphatic rings. The zero-order valence-electron chi connectivity index (χ0n) is 12.5. The molecule has 0 aromatic heterocycles. The second kappa shape index (κ2) is 6.79. The first-order valence-electron chi connectivity index (χ1n) is 7.53. The largest absolute Gasteiger partial charge is 0.416 e. The molecule has 1 aliphatic heterocycles. The molecule has 3 unspecified atom stereocenters. The molecule has 3 atom stereocenters. The monoisotopic (exact) mass is 300 g/mol. The average molecular weight is 300 g/mol. The number of alkyl halides is 3. The van der Waals surface area contributed by atoms with Crippen LogP contribution in [0.5, 0.6) is 0 Å². The van der Waals surface area contributed by atoms with Crippen LogP contribution in [0.1, 0.15) is 50.3 Å². The van der Waals surface area contributed by atoms with Crippen molar-refractivity contribution in [2.45, 2.75) is 57.4 Å². The summed E-state index contributed by atoms with van der Waals surface area (Å²) in [4.78, 5) is 0. The molecular weight excluding hydrogens is 277 g/mol. The molecule has 2 N–H and O–H groups in total. The fraction of sp³-hybridized carbons (Fsp3) is 0.625. The maximum Gasteiger partial charge on any atom is 0.416 e. The summed E-state index contributed by atoms with van der Waals surface area (Å²) in [6, 6.07) is 6.27. The van der Waals surface area contributed by atoms with Gasteiger partial charge in [0.2, 0.25) is 0 Å². The minimum absolute atomic E-state index is 0.0938. The van der Waals surface area contributed by atoms with Gasteiger partial charge in [0, 0.05) is 18.1 Å². The van der Waals surface area contributed by atoms with Crippen molar-refractivity contribution in [2.75, 3.05) is 6.54 Å². The van der Waals surface area contributed by atoms with Gasteiger partial charge in [-0.25, -0.2) is 0 Å². The molecule has 2 nitrogen and oxygen atoms in total. The summed E-state index contributed by atoms with van der Waals surface area (Å²) in [5, 5.41) is 6.84. The van der Waals surface area contributed by atoms with E-state index < -0.39 is 11.7 Å². The van der Waals surface area contributed by atoms with E-state index in [1.54, 1.807) is 6.07 Å². The molecule has 5 heteroatoms. The van der Waals surface area contributed by atoms with Gasteiger partial charge in [-0.2, -0.15) is 13.2 Å². The van der Waals surface area contributed by atoms with Crippen molar-refractivity contribution in [3.63, 3.8) is 0 Å². The fourth-order valence-electron chi connectivity index (χ4n) is 2.96. The van der Waals surface area contributed by atoms with Gasteiger partial charge in [-0.1, -0.05) is 12.1 Å². The lowest BCUT2D eigenvalue weighted by Crippen LogP contribution is -2.35. The topological polar surface area (TPSA) is 24.1 Å². The van der Waals surface area contributed by atoms with E-state index in [1.165, 1.54) is 25.0 Å². The van der Waals surface area contributed by atoms with E-state index in [9.17, 15) is 13.2 Å². The summed E-state index contributed by atoms with van der Waals surface area (Å²) in [7, 11) is 0. The number of hydrogen-bond acceptors (Lipinski definition) is 2. The van der Waals surface area contributed by atoms with Gasteiger partial charge in [0.25, 0.3) is 0 Å². The first-order chi connectivity index (χ1) is 9.86. The van der Waals surface area contributed by atoms with Crippen LogP contribution in [0.2, 0.25) is 0 Å². The molecule has 0 amide bonds. The van der Waals surface area contributed by atoms with E-state index in [0.29, 0.717) is 11.6 Å². The van der Waals surface area contributed by atoms with Crippen molar-refractivity contribution in [1.29, 1.82) is 0 Å². The fourth-order valence-corrected chi connectivity index (χ4v) is 2.96. The number of nitrogens with one attached hydrogen (secondary N) is 2. The van der Waals surface area contributed by atoms with Crippen molar-refractivity contribution in [1.82, 2.24) is 10.6 Å². The van der Waals surface area contributed by atoms with Gasteiger partial charge >= 0.3 is 6.18 Å². The van der Waals surface area contributed by atoms with E-state index in [0.717, 1.165) is 19.0 Å². The summed E-state index contributed by atoms with van der Waals surface area (Å²) < 4.78 is 38.2. The molecule has 1 saturated heterocycles. The number of hydrogen-bond donors (Lipinski definition) is 2. The zero-order valence-corrected chi connectivity index (χ0v) is 12.5. The van der Waals surface area contributed by atoms with Crippen LogP contribution >= 0.6 is 0 Å². The Labute approximate surface area is 124 Å². The summed E-state index contributed by atoms with van der Waals surface area (Å²) in [5.41, 5.74) is 0.0924. The Kier molecular flexibility index (Phi) is 5.27. The van der Waals surface area contributed by atoms with Crippen LogP contribution in [0.4, 0.5) is 13.2 Å². The summed E-state index contributed by atoms with van der Waals surface area (Å²) in [6.07, 6.45) is -0.886. The van der Waals surface area contributed by atoms with Crippen molar-refractivity contribution >= 4 is 0 Å². The van der Waals surface area contributed by atoms with Gasteiger partial charge in [0.1, 0.15) is 0 Å².